The second-order valence-corrected chi connectivity index (χ2v) is 9.44. The van der Waals surface area contributed by atoms with E-state index in [1.807, 2.05) is 37.3 Å². The van der Waals surface area contributed by atoms with Gasteiger partial charge in [0.25, 0.3) is 5.56 Å². The molecule has 194 valence electrons. The number of benzene rings is 2. The minimum absolute atomic E-state index is 0.0954. The fourth-order valence-electron chi connectivity index (χ4n) is 4.99. The molecule has 0 amide bonds. The van der Waals surface area contributed by atoms with E-state index in [1.54, 1.807) is 11.8 Å². The minimum atomic E-state index is -0.133. The second-order valence-electron chi connectivity index (χ2n) is 9.44. The Labute approximate surface area is 215 Å². The van der Waals surface area contributed by atoms with Crippen molar-refractivity contribution >= 4 is 10.9 Å². The fraction of sp³-hybridized carbons (Fsp3) is 0.407. The number of hydrogen-bond donors (Lipinski definition) is 1. The molecule has 0 aliphatic carbocycles. The van der Waals surface area contributed by atoms with Gasteiger partial charge in [-0.2, -0.15) is 0 Å². The SMILES string of the molecule is CCC(c1nnnn1CCOC)N(Cc1ccc2c(c1)OCO2)Cc1cc2c(C)cc(C)cc2[nH]c1=O. The van der Waals surface area contributed by atoms with Crippen LogP contribution < -0.4 is 15.0 Å². The van der Waals surface area contributed by atoms with Gasteiger partial charge in [0.05, 0.1) is 19.2 Å². The highest BCUT2D eigenvalue weighted by Gasteiger charge is 2.27. The lowest BCUT2D eigenvalue weighted by Gasteiger charge is -2.30. The Morgan fingerprint density at radius 2 is 1.97 bits per heavy atom. The third kappa shape index (κ3) is 5.21. The third-order valence-corrected chi connectivity index (χ3v) is 6.78. The summed E-state index contributed by atoms with van der Waals surface area (Å²) in [6.07, 6.45) is 0.752. The quantitative estimate of drug-likeness (QED) is 0.349. The Kier molecular flexibility index (Phi) is 7.20. The lowest BCUT2D eigenvalue weighted by Crippen LogP contribution is -2.32. The molecule has 3 heterocycles. The molecule has 10 nitrogen and oxygen atoms in total. The van der Waals surface area contributed by atoms with Gasteiger partial charge in [0.1, 0.15) is 0 Å². The number of nitrogens with zero attached hydrogens (tertiary/aromatic N) is 5. The molecule has 0 radical (unpaired) electrons. The van der Waals surface area contributed by atoms with Gasteiger partial charge < -0.3 is 19.2 Å². The van der Waals surface area contributed by atoms with E-state index in [0.717, 1.165) is 51.3 Å². The van der Waals surface area contributed by atoms with Crippen LogP contribution in [0, 0.1) is 13.8 Å². The van der Waals surface area contributed by atoms with Crippen LogP contribution in [0.1, 0.15) is 47.5 Å². The van der Waals surface area contributed by atoms with Gasteiger partial charge >= 0.3 is 0 Å². The van der Waals surface area contributed by atoms with Crippen LogP contribution in [-0.4, -0.2) is 50.6 Å². The van der Waals surface area contributed by atoms with E-state index in [4.69, 9.17) is 14.2 Å². The molecule has 1 aliphatic rings. The molecule has 37 heavy (non-hydrogen) atoms. The summed E-state index contributed by atoms with van der Waals surface area (Å²) in [6, 6.07) is 12.0. The smallest absolute Gasteiger partial charge is 0.252 e. The number of H-pyrrole nitrogens is 1. The van der Waals surface area contributed by atoms with Crippen molar-refractivity contribution in [2.75, 3.05) is 20.5 Å². The van der Waals surface area contributed by atoms with Crippen molar-refractivity contribution in [3.63, 3.8) is 0 Å². The number of pyridine rings is 1. The normalized spacial score (nSPS) is 13.5. The van der Waals surface area contributed by atoms with Crippen LogP contribution in [-0.2, 0) is 24.4 Å². The summed E-state index contributed by atoms with van der Waals surface area (Å²) in [5.41, 5.74) is 4.74. The molecule has 1 aliphatic heterocycles. The summed E-state index contributed by atoms with van der Waals surface area (Å²) in [5.74, 6) is 2.21. The van der Waals surface area contributed by atoms with Crippen LogP contribution in [0.5, 0.6) is 11.5 Å². The number of aromatic nitrogens is 5. The van der Waals surface area contributed by atoms with Crippen LogP contribution in [0.2, 0.25) is 0 Å². The zero-order chi connectivity index (χ0) is 25.9. The van der Waals surface area contributed by atoms with Gasteiger partial charge in [0, 0.05) is 36.7 Å². The molecule has 0 bridgehead atoms. The zero-order valence-corrected chi connectivity index (χ0v) is 21.7. The molecule has 0 saturated heterocycles. The molecule has 2 aromatic carbocycles. The number of fused-ring (bicyclic) bond motifs is 2. The van der Waals surface area contributed by atoms with Gasteiger partial charge in [-0.3, -0.25) is 9.69 Å². The Bertz CT molecular complexity index is 1460. The first-order valence-electron chi connectivity index (χ1n) is 12.5. The van der Waals surface area contributed by atoms with Gasteiger partial charge in [0.15, 0.2) is 17.3 Å². The summed E-state index contributed by atoms with van der Waals surface area (Å²) in [7, 11) is 1.66. The zero-order valence-electron chi connectivity index (χ0n) is 21.7. The highest BCUT2D eigenvalue weighted by Crippen LogP contribution is 2.34. The number of rotatable bonds is 10. The number of hydrogen-bond acceptors (Lipinski definition) is 8. The van der Waals surface area contributed by atoms with Crippen molar-refractivity contribution in [3.8, 4) is 11.5 Å². The molecule has 1 N–H and O–H groups in total. The number of nitrogens with one attached hydrogen (secondary N) is 1. The summed E-state index contributed by atoms with van der Waals surface area (Å²) in [6.45, 7) is 8.46. The van der Waals surface area contributed by atoms with Crippen LogP contribution in [0.3, 0.4) is 0 Å². The van der Waals surface area contributed by atoms with E-state index in [1.165, 1.54) is 0 Å². The lowest BCUT2D eigenvalue weighted by molar-refractivity contribution is 0.150. The Hall–Kier alpha value is -3.76. The van der Waals surface area contributed by atoms with Gasteiger partial charge in [-0.05, 0) is 71.7 Å². The monoisotopic (exact) mass is 504 g/mol. The highest BCUT2D eigenvalue weighted by atomic mass is 16.7. The van der Waals surface area contributed by atoms with Gasteiger partial charge in [-0.15, -0.1) is 5.10 Å². The van der Waals surface area contributed by atoms with Crippen molar-refractivity contribution in [1.82, 2.24) is 30.1 Å². The largest absolute Gasteiger partial charge is 0.454 e. The summed E-state index contributed by atoms with van der Waals surface area (Å²) >= 11 is 0. The van der Waals surface area contributed by atoms with E-state index in [0.29, 0.717) is 31.8 Å². The second kappa shape index (κ2) is 10.7. The molecule has 5 rings (SSSR count). The van der Waals surface area contributed by atoms with Crippen molar-refractivity contribution in [2.24, 2.45) is 0 Å². The molecule has 10 heteroatoms. The predicted octanol–water partition coefficient (Wildman–Crippen LogP) is 3.66. The first-order chi connectivity index (χ1) is 18.0. The van der Waals surface area contributed by atoms with Crippen LogP contribution in [0.15, 0.2) is 41.2 Å². The average Bonchev–Trinajstić information content (AvgIpc) is 3.53. The number of tetrazole rings is 1. The van der Waals surface area contributed by atoms with E-state index in [2.05, 4.69) is 45.3 Å². The van der Waals surface area contributed by atoms with E-state index in [9.17, 15) is 4.79 Å². The molecule has 1 unspecified atom stereocenters. The van der Waals surface area contributed by atoms with Crippen molar-refractivity contribution < 1.29 is 14.2 Å². The number of ether oxygens (including phenoxy) is 3. The summed E-state index contributed by atoms with van der Waals surface area (Å²) in [5, 5.41) is 13.5. The molecule has 1 atom stereocenters. The lowest BCUT2D eigenvalue weighted by atomic mass is 10.0. The highest BCUT2D eigenvalue weighted by molar-refractivity contribution is 5.83. The maximum absolute atomic E-state index is 13.2. The van der Waals surface area contributed by atoms with E-state index >= 15 is 0 Å². The molecule has 0 saturated carbocycles. The third-order valence-electron chi connectivity index (χ3n) is 6.78. The molecule has 0 fully saturated rings. The minimum Gasteiger partial charge on any atom is -0.454 e. The predicted molar refractivity (Wildman–Crippen MR) is 139 cm³/mol. The summed E-state index contributed by atoms with van der Waals surface area (Å²) in [4.78, 5) is 18.6. The number of aryl methyl sites for hydroxylation is 2. The molecular weight excluding hydrogens is 472 g/mol. The first-order valence-corrected chi connectivity index (χ1v) is 12.5. The van der Waals surface area contributed by atoms with Gasteiger partial charge in [0.2, 0.25) is 6.79 Å². The van der Waals surface area contributed by atoms with Crippen molar-refractivity contribution in [3.05, 3.63) is 74.8 Å². The Balaban J connectivity index is 1.54. The fourth-order valence-corrected chi connectivity index (χ4v) is 4.99. The van der Waals surface area contributed by atoms with Gasteiger partial charge in [-0.25, -0.2) is 4.68 Å². The first kappa shape index (κ1) is 24.9. The number of aromatic amines is 1. The average molecular weight is 505 g/mol. The molecule has 0 spiro atoms. The van der Waals surface area contributed by atoms with Gasteiger partial charge in [-0.1, -0.05) is 19.1 Å². The van der Waals surface area contributed by atoms with E-state index in [-0.39, 0.29) is 18.4 Å². The van der Waals surface area contributed by atoms with Crippen LogP contribution >= 0.6 is 0 Å². The van der Waals surface area contributed by atoms with Crippen molar-refractivity contribution in [2.45, 2.75) is 52.9 Å². The van der Waals surface area contributed by atoms with Crippen molar-refractivity contribution in [1.29, 1.82) is 0 Å². The molecular formula is C27H32N6O4. The Morgan fingerprint density at radius 1 is 1.14 bits per heavy atom. The van der Waals surface area contributed by atoms with E-state index < -0.39 is 0 Å². The Morgan fingerprint density at radius 3 is 2.78 bits per heavy atom. The van der Waals surface area contributed by atoms with Crippen LogP contribution in [0.4, 0.5) is 0 Å². The molecule has 4 aromatic rings. The molecule has 2 aromatic heterocycles. The standard InChI is InChI=1S/C27H32N6O4/c1-5-23(26-29-30-31-33(26)8-9-35-4)32(14-19-6-7-24-25(12-19)37-16-36-24)15-20-13-21-18(3)10-17(2)11-22(21)28-27(20)34/h6-7,10-13,23H,5,8-9,14-16H2,1-4H3,(H,28,34). The number of methoxy groups -OCH3 is 1. The maximum atomic E-state index is 13.2. The van der Waals surface area contributed by atoms with Crippen LogP contribution in [0.25, 0.3) is 10.9 Å². The summed E-state index contributed by atoms with van der Waals surface area (Å²) < 4.78 is 18.1. The maximum Gasteiger partial charge on any atom is 0.252 e. The topological polar surface area (TPSA) is 107 Å².